The van der Waals surface area contributed by atoms with Crippen molar-refractivity contribution in [1.29, 1.82) is 0 Å². The molecular formula is C14H20N4O2. The fourth-order valence-corrected chi connectivity index (χ4v) is 2.20. The quantitative estimate of drug-likeness (QED) is 0.729. The number of benzene rings is 1. The van der Waals surface area contributed by atoms with Gasteiger partial charge in [0.05, 0.1) is 6.54 Å². The van der Waals surface area contributed by atoms with Crippen LogP contribution in [0.2, 0.25) is 0 Å². The number of amides is 3. The van der Waals surface area contributed by atoms with E-state index in [0.717, 1.165) is 25.9 Å². The second kappa shape index (κ2) is 6.79. The molecule has 0 spiro atoms. The maximum atomic E-state index is 11.9. The van der Waals surface area contributed by atoms with Crippen LogP contribution in [0, 0.1) is 0 Å². The zero-order valence-corrected chi connectivity index (χ0v) is 11.4. The van der Waals surface area contributed by atoms with Crippen molar-refractivity contribution < 1.29 is 9.59 Å². The van der Waals surface area contributed by atoms with Gasteiger partial charge in [0.1, 0.15) is 0 Å². The van der Waals surface area contributed by atoms with Gasteiger partial charge in [-0.3, -0.25) is 4.79 Å². The van der Waals surface area contributed by atoms with Gasteiger partial charge in [-0.05, 0) is 37.5 Å². The SMILES string of the molecule is Nc1cccc(NC(=O)NCC(=O)N2CCCCC2)c1. The summed E-state index contributed by atoms with van der Waals surface area (Å²) >= 11 is 0. The van der Waals surface area contributed by atoms with Crippen molar-refractivity contribution in [2.24, 2.45) is 0 Å². The van der Waals surface area contributed by atoms with Gasteiger partial charge in [-0.1, -0.05) is 6.07 Å². The number of hydrogen-bond donors (Lipinski definition) is 3. The number of anilines is 2. The van der Waals surface area contributed by atoms with Crippen molar-refractivity contribution in [3.63, 3.8) is 0 Å². The molecule has 20 heavy (non-hydrogen) atoms. The fraction of sp³-hybridized carbons (Fsp3) is 0.429. The highest BCUT2D eigenvalue weighted by Crippen LogP contribution is 2.11. The van der Waals surface area contributed by atoms with Crippen LogP contribution in [-0.2, 0) is 4.79 Å². The summed E-state index contributed by atoms with van der Waals surface area (Å²) in [5.41, 5.74) is 6.80. The Morgan fingerprint density at radius 2 is 1.95 bits per heavy atom. The van der Waals surface area contributed by atoms with Gasteiger partial charge in [-0.25, -0.2) is 4.79 Å². The summed E-state index contributed by atoms with van der Waals surface area (Å²) in [5.74, 6) is -0.0348. The van der Waals surface area contributed by atoms with Crippen LogP contribution in [0.1, 0.15) is 19.3 Å². The molecule has 1 aromatic carbocycles. The van der Waals surface area contributed by atoms with Gasteiger partial charge in [0.15, 0.2) is 0 Å². The zero-order chi connectivity index (χ0) is 14.4. The van der Waals surface area contributed by atoms with Crippen LogP contribution in [-0.4, -0.2) is 36.5 Å². The van der Waals surface area contributed by atoms with Crippen LogP contribution >= 0.6 is 0 Å². The highest BCUT2D eigenvalue weighted by Gasteiger charge is 2.16. The number of nitrogen functional groups attached to an aromatic ring is 1. The summed E-state index contributed by atoms with van der Waals surface area (Å²) in [5, 5.41) is 5.21. The molecule has 2 rings (SSSR count). The first-order valence-electron chi connectivity index (χ1n) is 6.83. The topological polar surface area (TPSA) is 87.5 Å². The monoisotopic (exact) mass is 276 g/mol. The minimum atomic E-state index is -0.402. The Hall–Kier alpha value is -2.24. The van der Waals surface area contributed by atoms with Crippen molar-refractivity contribution in [1.82, 2.24) is 10.2 Å². The lowest BCUT2D eigenvalue weighted by Crippen LogP contribution is -2.43. The van der Waals surface area contributed by atoms with E-state index in [9.17, 15) is 9.59 Å². The number of nitrogens with one attached hydrogen (secondary N) is 2. The molecule has 0 saturated carbocycles. The van der Waals surface area contributed by atoms with Crippen LogP contribution in [0.4, 0.5) is 16.2 Å². The van der Waals surface area contributed by atoms with Crippen LogP contribution in [0.5, 0.6) is 0 Å². The predicted octanol–water partition coefficient (Wildman–Crippen LogP) is 1.40. The lowest BCUT2D eigenvalue weighted by atomic mass is 10.1. The van der Waals surface area contributed by atoms with Gasteiger partial charge in [0, 0.05) is 24.5 Å². The van der Waals surface area contributed by atoms with E-state index >= 15 is 0 Å². The molecule has 1 aromatic rings. The van der Waals surface area contributed by atoms with E-state index in [2.05, 4.69) is 10.6 Å². The predicted molar refractivity (Wildman–Crippen MR) is 78.3 cm³/mol. The molecular weight excluding hydrogens is 256 g/mol. The number of nitrogens with two attached hydrogens (primary N) is 1. The Balaban J connectivity index is 1.75. The van der Waals surface area contributed by atoms with Crippen LogP contribution in [0.25, 0.3) is 0 Å². The molecule has 1 fully saturated rings. The fourth-order valence-electron chi connectivity index (χ4n) is 2.20. The smallest absolute Gasteiger partial charge is 0.319 e. The third-order valence-electron chi connectivity index (χ3n) is 3.25. The number of rotatable bonds is 3. The van der Waals surface area contributed by atoms with Crippen LogP contribution in [0.3, 0.4) is 0 Å². The molecule has 0 atom stereocenters. The maximum absolute atomic E-state index is 11.9. The molecule has 4 N–H and O–H groups in total. The molecule has 1 heterocycles. The molecule has 0 aliphatic carbocycles. The lowest BCUT2D eigenvalue weighted by Gasteiger charge is -2.26. The average molecular weight is 276 g/mol. The van der Waals surface area contributed by atoms with Crippen molar-refractivity contribution in [3.8, 4) is 0 Å². The zero-order valence-electron chi connectivity index (χ0n) is 11.4. The Kier molecular flexibility index (Phi) is 4.81. The van der Waals surface area contributed by atoms with Crippen molar-refractivity contribution >= 4 is 23.3 Å². The van der Waals surface area contributed by atoms with E-state index in [1.807, 2.05) is 0 Å². The minimum absolute atomic E-state index is 0.0220. The van der Waals surface area contributed by atoms with Gasteiger partial charge >= 0.3 is 6.03 Å². The molecule has 0 aromatic heterocycles. The van der Waals surface area contributed by atoms with Gasteiger partial charge in [-0.2, -0.15) is 0 Å². The first-order valence-corrected chi connectivity index (χ1v) is 6.83. The summed E-state index contributed by atoms with van der Waals surface area (Å²) in [6.45, 7) is 1.60. The third kappa shape index (κ3) is 4.15. The van der Waals surface area contributed by atoms with Gasteiger partial charge in [0.25, 0.3) is 0 Å². The Labute approximate surface area is 118 Å². The molecule has 0 unspecified atom stereocenters. The highest BCUT2D eigenvalue weighted by atomic mass is 16.2. The number of urea groups is 1. The first kappa shape index (κ1) is 14.2. The first-order chi connectivity index (χ1) is 9.65. The lowest BCUT2D eigenvalue weighted by molar-refractivity contribution is -0.130. The van der Waals surface area contributed by atoms with E-state index in [4.69, 9.17) is 5.73 Å². The van der Waals surface area contributed by atoms with Crippen molar-refractivity contribution in [3.05, 3.63) is 24.3 Å². The Morgan fingerprint density at radius 1 is 1.20 bits per heavy atom. The van der Waals surface area contributed by atoms with E-state index in [1.165, 1.54) is 6.42 Å². The normalized spacial score (nSPS) is 14.7. The number of hydrogen-bond acceptors (Lipinski definition) is 3. The molecule has 3 amide bonds. The van der Waals surface area contributed by atoms with E-state index < -0.39 is 6.03 Å². The molecule has 1 saturated heterocycles. The molecule has 108 valence electrons. The number of nitrogens with zero attached hydrogens (tertiary/aromatic N) is 1. The average Bonchev–Trinajstić information content (AvgIpc) is 2.46. The largest absolute Gasteiger partial charge is 0.399 e. The Morgan fingerprint density at radius 3 is 2.65 bits per heavy atom. The summed E-state index contributed by atoms with van der Waals surface area (Å²) < 4.78 is 0. The second-order valence-electron chi connectivity index (χ2n) is 4.87. The van der Waals surface area contributed by atoms with E-state index in [0.29, 0.717) is 11.4 Å². The number of piperidine rings is 1. The van der Waals surface area contributed by atoms with Gasteiger partial charge in [-0.15, -0.1) is 0 Å². The molecule has 1 aliphatic rings. The number of likely N-dealkylation sites (tertiary alicyclic amines) is 1. The molecule has 6 heteroatoms. The summed E-state index contributed by atoms with van der Waals surface area (Å²) in [6, 6.07) is 6.49. The highest BCUT2D eigenvalue weighted by molar-refractivity contribution is 5.92. The Bertz CT molecular complexity index is 484. The summed E-state index contributed by atoms with van der Waals surface area (Å²) in [6.07, 6.45) is 3.26. The summed E-state index contributed by atoms with van der Waals surface area (Å²) in [7, 11) is 0. The molecule has 6 nitrogen and oxygen atoms in total. The van der Waals surface area contributed by atoms with Crippen LogP contribution in [0.15, 0.2) is 24.3 Å². The minimum Gasteiger partial charge on any atom is -0.399 e. The second-order valence-corrected chi connectivity index (χ2v) is 4.87. The molecule has 0 bridgehead atoms. The summed E-state index contributed by atoms with van der Waals surface area (Å²) in [4.78, 5) is 25.3. The van der Waals surface area contributed by atoms with E-state index in [-0.39, 0.29) is 12.5 Å². The van der Waals surface area contributed by atoms with Gasteiger partial charge in [0.2, 0.25) is 5.91 Å². The molecule has 0 radical (unpaired) electrons. The van der Waals surface area contributed by atoms with Gasteiger partial charge < -0.3 is 21.3 Å². The number of carbonyl (C=O) groups is 2. The third-order valence-corrected chi connectivity index (χ3v) is 3.25. The van der Waals surface area contributed by atoms with Crippen molar-refractivity contribution in [2.75, 3.05) is 30.7 Å². The maximum Gasteiger partial charge on any atom is 0.319 e. The molecule has 1 aliphatic heterocycles. The standard InChI is InChI=1S/C14H20N4O2/c15-11-5-4-6-12(9-11)17-14(20)16-10-13(19)18-7-2-1-3-8-18/h4-6,9H,1-3,7-8,10,15H2,(H2,16,17,20). The number of carbonyl (C=O) groups excluding carboxylic acids is 2. The van der Waals surface area contributed by atoms with Crippen LogP contribution < -0.4 is 16.4 Å². The van der Waals surface area contributed by atoms with Crippen molar-refractivity contribution in [2.45, 2.75) is 19.3 Å². The van der Waals surface area contributed by atoms with E-state index in [1.54, 1.807) is 29.2 Å².